The maximum absolute atomic E-state index is 2.41. The summed E-state index contributed by atoms with van der Waals surface area (Å²) in [7, 11) is 4.35. The van der Waals surface area contributed by atoms with Gasteiger partial charge in [0.25, 0.3) is 0 Å². The zero-order valence-electron chi connectivity index (χ0n) is 20.2. The van der Waals surface area contributed by atoms with Crippen molar-refractivity contribution in [2.45, 2.75) is 6.42 Å². The molecule has 2 nitrogen and oxygen atoms in total. The van der Waals surface area contributed by atoms with E-state index in [4.69, 9.17) is 0 Å². The molecule has 36 heavy (non-hydrogen) atoms. The number of aromatic nitrogens is 2. The van der Waals surface area contributed by atoms with Crippen LogP contribution < -0.4 is 0 Å². The molecular weight excluding hydrogens is 456 g/mol. The maximum atomic E-state index is 2.41. The summed E-state index contributed by atoms with van der Waals surface area (Å²) < 4.78 is 7.37. The first kappa shape index (κ1) is 20.1. The molecule has 0 spiro atoms. The van der Waals surface area contributed by atoms with Gasteiger partial charge in [0, 0.05) is 77.9 Å². The quantitative estimate of drug-likeness (QED) is 0.234. The minimum Gasteiger partial charge on any atom is -0.344 e. The Balaban J connectivity index is 1.28. The molecule has 0 bridgehead atoms. The van der Waals surface area contributed by atoms with Gasteiger partial charge >= 0.3 is 0 Å². The van der Waals surface area contributed by atoms with Crippen LogP contribution in [0.25, 0.3) is 63.8 Å². The highest BCUT2D eigenvalue weighted by molar-refractivity contribution is 7.25. The largest absolute Gasteiger partial charge is 0.344 e. The van der Waals surface area contributed by atoms with Crippen LogP contribution in [0, 0.1) is 0 Å². The fourth-order valence-corrected chi connectivity index (χ4v) is 7.27. The van der Waals surface area contributed by atoms with Crippen LogP contribution in [0.3, 0.4) is 0 Å². The Morgan fingerprint density at radius 3 is 1.83 bits per heavy atom. The molecule has 3 aromatic heterocycles. The Morgan fingerprint density at radius 1 is 0.472 bits per heavy atom. The summed E-state index contributed by atoms with van der Waals surface area (Å²) in [6.45, 7) is 0. The lowest BCUT2D eigenvalue weighted by molar-refractivity contribution is 1.01. The van der Waals surface area contributed by atoms with Crippen LogP contribution in [0.15, 0.2) is 97.1 Å². The Morgan fingerprint density at radius 2 is 1.06 bits per heavy atom. The molecule has 0 unspecified atom stereocenters. The van der Waals surface area contributed by atoms with Gasteiger partial charge in [-0.2, -0.15) is 0 Å². The SMILES string of the molecule is Cn1c2ccccc2c2cc(Cc3ccc4c(c3)c3cc5sc6ccccc6c5cc3n4C)ccc21. The van der Waals surface area contributed by atoms with E-state index >= 15 is 0 Å². The average Bonchev–Trinajstić information content (AvgIpc) is 3.51. The van der Waals surface area contributed by atoms with Gasteiger partial charge in [-0.1, -0.05) is 48.5 Å². The molecule has 0 aliphatic rings. The predicted molar refractivity (Wildman–Crippen MR) is 157 cm³/mol. The summed E-state index contributed by atoms with van der Waals surface area (Å²) in [5.74, 6) is 0. The topological polar surface area (TPSA) is 9.86 Å². The number of thiophene rings is 1. The highest BCUT2D eigenvalue weighted by atomic mass is 32.1. The molecule has 3 heteroatoms. The lowest BCUT2D eigenvalue weighted by Crippen LogP contribution is -1.90. The van der Waals surface area contributed by atoms with Crippen LogP contribution in [0.5, 0.6) is 0 Å². The van der Waals surface area contributed by atoms with E-state index in [-0.39, 0.29) is 0 Å². The number of aryl methyl sites for hydroxylation is 2. The van der Waals surface area contributed by atoms with Crippen LogP contribution in [0.1, 0.15) is 11.1 Å². The van der Waals surface area contributed by atoms with Gasteiger partial charge in [-0.15, -0.1) is 11.3 Å². The standard InChI is InChI=1S/C33H24N2S/c1-34-28-9-5-3-7-22(28)24-16-20(11-13-29(24)34)15-21-12-14-30-25(17-21)26-19-33-27(18-31(26)35(30)2)23-8-4-6-10-32(23)36-33/h3-14,16-19H,15H2,1-2H3. The smallest absolute Gasteiger partial charge is 0.0495 e. The van der Waals surface area contributed by atoms with Crippen molar-refractivity contribution in [1.82, 2.24) is 9.13 Å². The summed E-state index contributed by atoms with van der Waals surface area (Å²) in [6.07, 6.45) is 0.927. The van der Waals surface area contributed by atoms with Gasteiger partial charge in [-0.05, 0) is 66.1 Å². The molecule has 0 atom stereocenters. The third-order valence-corrected chi connectivity index (χ3v) is 9.09. The molecule has 0 N–H and O–H groups in total. The van der Waals surface area contributed by atoms with Crippen molar-refractivity contribution in [3.05, 3.63) is 108 Å². The summed E-state index contributed by atoms with van der Waals surface area (Å²) >= 11 is 1.89. The minimum absolute atomic E-state index is 0.927. The van der Waals surface area contributed by atoms with Gasteiger partial charge in [-0.3, -0.25) is 0 Å². The van der Waals surface area contributed by atoms with Crippen LogP contribution in [0.4, 0.5) is 0 Å². The van der Waals surface area contributed by atoms with Gasteiger partial charge in [-0.25, -0.2) is 0 Å². The molecule has 0 saturated heterocycles. The summed E-state index contributed by atoms with van der Waals surface area (Å²) in [6, 6.07) is 36.2. The Labute approximate surface area is 212 Å². The highest BCUT2D eigenvalue weighted by Crippen LogP contribution is 2.39. The van der Waals surface area contributed by atoms with E-state index in [0.29, 0.717) is 0 Å². The van der Waals surface area contributed by atoms with Crippen LogP contribution in [-0.2, 0) is 20.5 Å². The summed E-state index contributed by atoms with van der Waals surface area (Å²) in [5, 5.41) is 8.07. The van der Waals surface area contributed by atoms with Crippen molar-refractivity contribution in [3.63, 3.8) is 0 Å². The van der Waals surface area contributed by atoms with E-state index in [1.165, 1.54) is 74.9 Å². The average molecular weight is 481 g/mol. The van der Waals surface area contributed by atoms with E-state index in [9.17, 15) is 0 Å². The van der Waals surface area contributed by atoms with E-state index < -0.39 is 0 Å². The molecule has 0 amide bonds. The second-order valence-electron chi connectivity index (χ2n) is 9.98. The molecule has 0 saturated carbocycles. The first-order chi connectivity index (χ1) is 17.7. The second kappa shape index (κ2) is 7.22. The monoisotopic (exact) mass is 480 g/mol. The molecule has 0 aliphatic carbocycles. The van der Waals surface area contributed by atoms with Crippen molar-refractivity contribution in [2.75, 3.05) is 0 Å². The lowest BCUT2D eigenvalue weighted by atomic mass is 10.0. The van der Waals surface area contributed by atoms with Crippen LogP contribution >= 0.6 is 11.3 Å². The zero-order chi connectivity index (χ0) is 24.0. The third kappa shape index (κ3) is 2.72. The van der Waals surface area contributed by atoms with Gasteiger partial charge in [0.15, 0.2) is 0 Å². The van der Waals surface area contributed by atoms with Crippen molar-refractivity contribution >= 4 is 75.1 Å². The lowest BCUT2D eigenvalue weighted by Gasteiger charge is -2.05. The third-order valence-electron chi connectivity index (χ3n) is 7.96. The first-order valence-electron chi connectivity index (χ1n) is 12.4. The van der Waals surface area contributed by atoms with E-state index in [1.807, 2.05) is 11.3 Å². The van der Waals surface area contributed by atoms with Gasteiger partial charge in [0.2, 0.25) is 0 Å². The zero-order valence-corrected chi connectivity index (χ0v) is 21.1. The number of hydrogen-bond donors (Lipinski definition) is 0. The summed E-state index contributed by atoms with van der Waals surface area (Å²) in [5.41, 5.74) is 7.87. The fraction of sp³-hybridized carbons (Fsp3) is 0.0909. The Hall–Kier alpha value is -4.08. The molecule has 0 aliphatic heterocycles. The molecule has 5 aromatic carbocycles. The van der Waals surface area contributed by atoms with E-state index in [2.05, 4.69) is 120 Å². The van der Waals surface area contributed by atoms with Gasteiger partial charge in [0.05, 0.1) is 0 Å². The number of nitrogens with zero attached hydrogens (tertiary/aromatic N) is 2. The number of fused-ring (bicyclic) bond motifs is 9. The van der Waals surface area contributed by atoms with E-state index in [0.717, 1.165) is 6.42 Å². The first-order valence-corrected chi connectivity index (χ1v) is 13.3. The molecule has 8 rings (SSSR count). The molecule has 0 radical (unpaired) electrons. The Bertz CT molecular complexity index is 2150. The van der Waals surface area contributed by atoms with Crippen molar-refractivity contribution in [2.24, 2.45) is 14.1 Å². The number of benzene rings is 5. The van der Waals surface area contributed by atoms with Crippen LogP contribution in [0.2, 0.25) is 0 Å². The Kier molecular flexibility index (Phi) is 4.04. The van der Waals surface area contributed by atoms with E-state index in [1.54, 1.807) is 0 Å². The molecular formula is C33H24N2S. The van der Waals surface area contributed by atoms with Crippen molar-refractivity contribution < 1.29 is 0 Å². The number of para-hydroxylation sites is 1. The van der Waals surface area contributed by atoms with Crippen molar-refractivity contribution in [3.8, 4) is 0 Å². The maximum Gasteiger partial charge on any atom is 0.0495 e. The minimum atomic E-state index is 0.927. The normalized spacial score (nSPS) is 12.3. The number of rotatable bonds is 2. The number of hydrogen-bond acceptors (Lipinski definition) is 1. The highest BCUT2D eigenvalue weighted by Gasteiger charge is 2.14. The van der Waals surface area contributed by atoms with Gasteiger partial charge < -0.3 is 9.13 Å². The van der Waals surface area contributed by atoms with Crippen molar-refractivity contribution in [1.29, 1.82) is 0 Å². The summed E-state index contributed by atoms with van der Waals surface area (Å²) in [4.78, 5) is 0. The molecule has 172 valence electrons. The second-order valence-corrected chi connectivity index (χ2v) is 11.1. The predicted octanol–water partition coefficient (Wildman–Crippen LogP) is 8.94. The fourth-order valence-electron chi connectivity index (χ4n) is 6.15. The van der Waals surface area contributed by atoms with Gasteiger partial charge in [0.1, 0.15) is 0 Å². The molecule has 3 heterocycles. The van der Waals surface area contributed by atoms with Crippen LogP contribution in [-0.4, -0.2) is 9.13 Å². The molecule has 0 fully saturated rings. The molecule has 8 aromatic rings.